The van der Waals surface area contributed by atoms with E-state index in [9.17, 15) is 9.59 Å². The van der Waals surface area contributed by atoms with Crippen molar-refractivity contribution in [3.05, 3.63) is 176 Å². The number of nitrogens with two attached hydrogens (primary N) is 3. The van der Waals surface area contributed by atoms with Gasteiger partial charge in [-0.1, -0.05) is 30.6 Å². The number of pyridine rings is 4. The molecule has 8 rings (SSSR count). The van der Waals surface area contributed by atoms with E-state index in [2.05, 4.69) is 35.2 Å². The van der Waals surface area contributed by atoms with Crippen LogP contribution in [0.4, 0.5) is 11.6 Å². The summed E-state index contributed by atoms with van der Waals surface area (Å²) in [4.78, 5) is 49.3. The van der Waals surface area contributed by atoms with Crippen molar-refractivity contribution in [3.8, 4) is 0 Å². The summed E-state index contributed by atoms with van der Waals surface area (Å²) < 4.78 is 3.69. The Bertz CT molecular complexity index is 2830. The van der Waals surface area contributed by atoms with E-state index < -0.39 is 5.97 Å². The molecule has 0 saturated carbocycles. The van der Waals surface area contributed by atoms with Crippen molar-refractivity contribution in [2.24, 2.45) is 5.73 Å². The number of nitrogens with zero attached hydrogens (tertiary/aromatic N) is 8. The third kappa shape index (κ3) is 11.9. The summed E-state index contributed by atoms with van der Waals surface area (Å²) >= 11 is 12.0. The van der Waals surface area contributed by atoms with Crippen LogP contribution in [0.5, 0.6) is 0 Å². The van der Waals surface area contributed by atoms with Gasteiger partial charge in [0, 0.05) is 90.1 Å². The number of nitrogens with one attached hydrogen (secondary N) is 1. The van der Waals surface area contributed by atoms with Crippen molar-refractivity contribution < 1.29 is 14.7 Å². The zero-order chi connectivity index (χ0) is 43.8. The monoisotopic (exact) mass is 874 g/mol. The molecule has 8 aromatic rings. The molecule has 1 amide bonds. The molecule has 0 fully saturated rings. The number of aromatic carboxylic acids is 1. The predicted molar refractivity (Wildman–Crippen MR) is 243 cm³/mol. The summed E-state index contributed by atoms with van der Waals surface area (Å²) in [6, 6.07) is 17.7. The summed E-state index contributed by atoms with van der Waals surface area (Å²) in [6.07, 6.45) is 11.1. The topological polar surface area (TPSA) is 231 Å². The number of halogens is 2. The number of fused-ring (bicyclic) bond motifs is 2. The molecular weight excluding hydrogens is 827 g/mol. The van der Waals surface area contributed by atoms with Gasteiger partial charge in [0.1, 0.15) is 11.6 Å². The van der Waals surface area contributed by atoms with Crippen molar-refractivity contribution in [1.82, 2.24) is 44.0 Å². The molecule has 8 N–H and O–H groups in total. The fraction of sp³-hybridized carbons (Fsp3) is 0.200. The average Bonchev–Trinajstić information content (AvgIpc) is 3.77. The van der Waals surface area contributed by atoms with E-state index in [1.54, 1.807) is 55.5 Å². The zero-order valence-electron chi connectivity index (χ0n) is 33.9. The number of nitrogen functional groups attached to an aromatic ring is 2. The number of carboxylic acid groups (broad SMARTS) is 1. The lowest BCUT2D eigenvalue weighted by Crippen LogP contribution is -2.24. The third-order valence-electron chi connectivity index (χ3n) is 9.66. The van der Waals surface area contributed by atoms with Gasteiger partial charge in [-0.15, -0.1) is 0 Å². The second-order valence-corrected chi connectivity index (χ2v) is 15.1. The second-order valence-electron chi connectivity index (χ2n) is 14.2. The smallest absolute Gasteiger partial charge is 0.335 e. The van der Waals surface area contributed by atoms with Crippen LogP contribution >= 0.6 is 23.2 Å². The number of carbonyl (C=O) groups is 2. The largest absolute Gasteiger partial charge is 0.478 e. The lowest BCUT2D eigenvalue weighted by Gasteiger charge is -2.12. The molecule has 0 unspecified atom stereocenters. The first kappa shape index (κ1) is 46.1. The molecule has 17 heteroatoms. The Morgan fingerprint density at radius 1 is 0.661 bits per heavy atom. The van der Waals surface area contributed by atoms with Crippen LogP contribution in [0.25, 0.3) is 11.0 Å². The molecular formula is C45H48Cl2N12O3. The number of rotatable bonds is 9. The van der Waals surface area contributed by atoms with Crippen molar-refractivity contribution in [1.29, 1.82) is 0 Å². The average molecular weight is 876 g/mol. The molecule has 320 valence electrons. The normalized spacial score (nSPS) is 10.6. The number of hydrogen-bond acceptors (Lipinski definition) is 11. The Balaban J connectivity index is 0.000000195. The molecule has 15 nitrogen and oxygen atoms in total. The summed E-state index contributed by atoms with van der Waals surface area (Å²) in [6.45, 7) is 8.68. The first-order chi connectivity index (χ1) is 29.1. The maximum atomic E-state index is 12.7. The Labute approximate surface area is 369 Å². The van der Waals surface area contributed by atoms with Gasteiger partial charge >= 0.3 is 5.97 Å². The second kappa shape index (κ2) is 20.5. The third-order valence-corrected chi connectivity index (χ3v) is 10.1. The molecule has 0 atom stereocenters. The lowest BCUT2D eigenvalue weighted by molar-refractivity contribution is 0.0696. The fourth-order valence-corrected chi connectivity index (χ4v) is 7.09. The van der Waals surface area contributed by atoms with E-state index in [0.717, 1.165) is 61.8 Å². The minimum atomic E-state index is -0.963. The minimum Gasteiger partial charge on any atom is -0.478 e. The van der Waals surface area contributed by atoms with Crippen LogP contribution in [-0.4, -0.2) is 55.7 Å². The van der Waals surface area contributed by atoms with Crippen molar-refractivity contribution in [3.63, 3.8) is 0 Å². The maximum absolute atomic E-state index is 12.7. The molecule has 0 saturated heterocycles. The zero-order valence-corrected chi connectivity index (χ0v) is 35.4. The first-order valence-corrected chi connectivity index (χ1v) is 19.7. The van der Waals surface area contributed by atoms with Crippen LogP contribution in [0.3, 0.4) is 0 Å². The van der Waals surface area contributed by atoms with Crippen molar-refractivity contribution >= 4 is 57.7 Å². The molecule has 0 aromatic carbocycles. The number of carbonyl (C=O) groups excluding carboxylic acids is 1. The maximum Gasteiger partial charge on any atom is 0.335 e. The Morgan fingerprint density at radius 3 is 1.58 bits per heavy atom. The lowest BCUT2D eigenvalue weighted by atomic mass is 10.1. The predicted octanol–water partition coefficient (Wildman–Crippen LogP) is 7.54. The van der Waals surface area contributed by atoms with E-state index in [-0.39, 0.29) is 18.9 Å². The van der Waals surface area contributed by atoms with Gasteiger partial charge in [-0.25, -0.2) is 24.7 Å². The highest BCUT2D eigenvalue weighted by Crippen LogP contribution is 2.19. The minimum absolute atomic E-state index is 0. The van der Waals surface area contributed by atoms with Gasteiger partial charge in [0.25, 0.3) is 5.91 Å². The van der Waals surface area contributed by atoms with Crippen molar-refractivity contribution in [2.45, 2.75) is 61.1 Å². The SMILES string of the molecule is C.Cc1cc(N)nc(C)c1CN.Cc1cc(N)nc(C)c1CNC(=O)c1ccnc(Cc2cc3cc(Cl)cn3cn2)c1.O=C(O)c1ccnc(Cc2cc3cc(Cl)cn3cn2)c1. The van der Waals surface area contributed by atoms with Gasteiger partial charge in [-0.05, 0) is 111 Å². The summed E-state index contributed by atoms with van der Waals surface area (Å²) in [5, 5.41) is 13.2. The van der Waals surface area contributed by atoms with Crippen LogP contribution in [0.2, 0.25) is 10.0 Å². The molecule has 0 aliphatic carbocycles. The van der Waals surface area contributed by atoms with E-state index in [1.807, 2.05) is 66.8 Å². The van der Waals surface area contributed by atoms with Crippen LogP contribution in [0.15, 0.2) is 98.1 Å². The van der Waals surface area contributed by atoms with E-state index >= 15 is 0 Å². The molecule has 62 heavy (non-hydrogen) atoms. The number of amides is 1. The Morgan fingerprint density at radius 2 is 1.11 bits per heavy atom. The highest BCUT2D eigenvalue weighted by atomic mass is 35.5. The van der Waals surface area contributed by atoms with Gasteiger partial charge in [0.2, 0.25) is 0 Å². The van der Waals surface area contributed by atoms with Gasteiger partial charge in [-0.2, -0.15) is 0 Å². The highest BCUT2D eigenvalue weighted by molar-refractivity contribution is 6.31. The number of aromatic nitrogens is 8. The van der Waals surface area contributed by atoms with Gasteiger partial charge in [-0.3, -0.25) is 14.8 Å². The van der Waals surface area contributed by atoms with Crippen LogP contribution in [0.1, 0.15) is 84.6 Å². The number of anilines is 2. The molecule has 8 aromatic heterocycles. The molecule has 0 aliphatic rings. The number of hydrogen-bond donors (Lipinski definition) is 5. The van der Waals surface area contributed by atoms with Gasteiger partial charge in [0.05, 0.1) is 39.7 Å². The molecule has 0 bridgehead atoms. The van der Waals surface area contributed by atoms with E-state index in [1.165, 1.54) is 12.3 Å². The summed E-state index contributed by atoms with van der Waals surface area (Å²) in [5.74, 6) is -0.0863. The quantitative estimate of drug-likeness (QED) is 0.0947. The van der Waals surface area contributed by atoms with Crippen LogP contribution in [0, 0.1) is 27.7 Å². The Kier molecular flexibility index (Phi) is 15.3. The van der Waals surface area contributed by atoms with Gasteiger partial charge in [0.15, 0.2) is 0 Å². The van der Waals surface area contributed by atoms with Gasteiger partial charge < -0.3 is 36.4 Å². The molecule has 0 spiro atoms. The summed E-state index contributed by atoms with van der Waals surface area (Å²) in [5.41, 5.74) is 28.5. The molecule has 0 aliphatic heterocycles. The number of carboxylic acids is 1. The summed E-state index contributed by atoms with van der Waals surface area (Å²) in [7, 11) is 0. The fourth-order valence-electron chi connectivity index (χ4n) is 6.65. The standard InChI is InChI=1S/C22H21ClN6O.C14H10ClN3O2.C8H13N3.CH4/c1-13-5-21(24)28-14(2)20(13)10-26-22(30)15-3-4-25-17(6-15)8-18-9-19-7-16(23)11-29(19)12-27-18;15-10-4-13-6-12(17-8-18(13)7-10)5-11-3-9(14(19)20)1-2-16-11;1-5-3-8(10)11-6(2)7(5)4-9;/h3-7,9,11-12H,8,10H2,1-2H3,(H2,24,28)(H,26,30);1-4,6-8H,5H2,(H,19,20);3H,4,9H2,1-2H3,(H2,10,11);1H4. The van der Waals surface area contributed by atoms with E-state index in [4.69, 9.17) is 45.5 Å². The first-order valence-electron chi connectivity index (χ1n) is 19.0. The molecule has 8 heterocycles. The van der Waals surface area contributed by atoms with Crippen molar-refractivity contribution in [2.75, 3.05) is 11.5 Å². The van der Waals surface area contributed by atoms with Crippen LogP contribution in [-0.2, 0) is 25.9 Å². The molecule has 0 radical (unpaired) electrons. The highest BCUT2D eigenvalue weighted by Gasteiger charge is 2.12. The van der Waals surface area contributed by atoms with E-state index in [0.29, 0.717) is 58.9 Å². The Hall–Kier alpha value is -6.94. The van der Waals surface area contributed by atoms with Crippen LogP contribution < -0.4 is 22.5 Å². The number of aryl methyl sites for hydroxylation is 4.